The fourth-order valence-electron chi connectivity index (χ4n) is 2.52. The molecule has 1 aliphatic carbocycles. The molecule has 0 saturated heterocycles. The van der Waals surface area contributed by atoms with Gasteiger partial charge in [0.25, 0.3) is 0 Å². The van der Waals surface area contributed by atoms with Crippen LogP contribution in [-0.4, -0.2) is 25.5 Å². The molecule has 2 N–H and O–H groups in total. The fraction of sp³-hybridized carbons (Fsp3) is 0.462. The highest BCUT2D eigenvalue weighted by Gasteiger charge is 2.34. The molecule has 0 bridgehead atoms. The van der Waals surface area contributed by atoms with Gasteiger partial charge < -0.3 is 5.11 Å². The highest BCUT2D eigenvalue weighted by atomic mass is 32.2. The third-order valence-corrected chi connectivity index (χ3v) is 5.10. The van der Waals surface area contributed by atoms with E-state index in [-0.39, 0.29) is 0 Å². The first-order valence-electron chi connectivity index (χ1n) is 6.51. The number of nitrogens with one attached hydrogen (secondary N) is 1. The molecule has 2 atom stereocenters. The molecule has 2 unspecified atom stereocenters. The number of carboxylic acid groups (broad SMARTS) is 1. The van der Waals surface area contributed by atoms with Crippen molar-refractivity contribution >= 4 is 16.0 Å². The molecule has 0 amide bonds. The van der Waals surface area contributed by atoms with Gasteiger partial charge in [0.1, 0.15) is 16.5 Å². The molecular formula is C13H15F2NO4S. The summed E-state index contributed by atoms with van der Waals surface area (Å²) < 4.78 is 52.9. The van der Waals surface area contributed by atoms with Crippen LogP contribution in [0.5, 0.6) is 0 Å². The summed E-state index contributed by atoms with van der Waals surface area (Å²) in [6, 6.07) is 1.36. The highest BCUT2D eigenvalue weighted by Crippen LogP contribution is 2.26. The van der Waals surface area contributed by atoms with Crippen LogP contribution in [0.25, 0.3) is 0 Å². The van der Waals surface area contributed by atoms with Crippen LogP contribution in [0.15, 0.2) is 23.1 Å². The van der Waals surface area contributed by atoms with Gasteiger partial charge in [0.2, 0.25) is 10.0 Å². The van der Waals surface area contributed by atoms with Crippen molar-refractivity contribution in [3.63, 3.8) is 0 Å². The Bertz CT molecular complexity index is 648. The summed E-state index contributed by atoms with van der Waals surface area (Å²) in [4.78, 5) is 10.5. The molecular weight excluding hydrogens is 304 g/mol. The number of rotatable bonds is 4. The number of carboxylic acids is 1. The number of halogens is 2. The molecule has 1 saturated carbocycles. The van der Waals surface area contributed by atoms with Crippen molar-refractivity contribution in [3.8, 4) is 0 Å². The maximum Gasteiger partial charge on any atom is 0.308 e. The standard InChI is InChI=1S/C13H15F2NO4S/c14-8-5-6-12(10(15)7-8)21(19,20)16-11-4-2-1-3-9(11)13(17)18/h5-7,9,11,16H,1-4H2,(H,17,18). The van der Waals surface area contributed by atoms with Crippen LogP contribution in [0.3, 0.4) is 0 Å². The average molecular weight is 319 g/mol. The van der Waals surface area contributed by atoms with Gasteiger partial charge in [0.15, 0.2) is 0 Å². The predicted molar refractivity (Wildman–Crippen MR) is 70.1 cm³/mol. The summed E-state index contributed by atoms with van der Waals surface area (Å²) in [5, 5.41) is 9.11. The lowest BCUT2D eigenvalue weighted by Gasteiger charge is -2.29. The van der Waals surface area contributed by atoms with Gasteiger partial charge in [-0.3, -0.25) is 4.79 Å². The predicted octanol–water partition coefficient (Wildman–Crippen LogP) is 1.89. The summed E-state index contributed by atoms with van der Waals surface area (Å²) in [5.41, 5.74) is 0. The quantitative estimate of drug-likeness (QED) is 0.887. The number of aliphatic carboxylic acids is 1. The van der Waals surface area contributed by atoms with Crippen molar-refractivity contribution in [2.75, 3.05) is 0 Å². The van der Waals surface area contributed by atoms with Crippen LogP contribution in [0.4, 0.5) is 8.78 Å². The van der Waals surface area contributed by atoms with Gasteiger partial charge in [-0.05, 0) is 25.0 Å². The minimum atomic E-state index is -4.23. The molecule has 8 heteroatoms. The normalized spacial score (nSPS) is 23.0. The average Bonchev–Trinajstić information content (AvgIpc) is 2.37. The van der Waals surface area contributed by atoms with Crippen LogP contribution < -0.4 is 4.72 Å². The van der Waals surface area contributed by atoms with E-state index in [2.05, 4.69) is 4.72 Å². The van der Waals surface area contributed by atoms with Crippen molar-refractivity contribution in [2.24, 2.45) is 5.92 Å². The SMILES string of the molecule is O=C(O)C1CCCCC1NS(=O)(=O)c1ccc(F)cc1F. The van der Waals surface area contributed by atoms with Crippen LogP contribution in [0.2, 0.25) is 0 Å². The van der Waals surface area contributed by atoms with E-state index in [0.717, 1.165) is 12.1 Å². The number of hydrogen-bond acceptors (Lipinski definition) is 3. The lowest BCUT2D eigenvalue weighted by Crippen LogP contribution is -2.45. The number of sulfonamides is 1. The maximum atomic E-state index is 13.6. The molecule has 2 rings (SSSR count). The summed E-state index contributed by atoms with van der Waals surface area (Å²) in [5.74, 6) is -4.00. The van der Waals surface area contributed by atoms with Crippen LogP contribution >= 0.6 is 0 Å². The first-order valence-corrected chi connectivity index (χ1v) is 8.00. The van der Waals surface area contributed by atoms with E-state index in [1.165, 1.54) is 0 Å². The van der Waals surface area contributed by atoms with Crippen molar-refractivity contribution in [3.05, 3.63) is 29.8 Å². The molecule has 21 heavy (non-hydrogen) atoms. The Balaban J connectivity index is 2.25. The van der Waals surface area contributed by atoms with Crippen molar-refractivity contribution in [1.82, 2.24) is 4.72 Å². The van der Waals surface area contributed by atoms with Crippen LogP contribution in [0, 0.1) is 17.6 Å². The Morgan fingerprint density at radius 1 is 1.24 bits per heavy atom. The summed E-state index contributed by atoms with van der Waals surface area (Å²) in [6.45, 7) is 0. The van der Waals surface area contributed by atoms with Gasteiger partial charge in [0, 0.05) is 12.1 Å². The Morgan fingerprint density at radius 2 is 1.90 bits per heavy atom. The topological polar surface area (TPSA) is 83.5 Å². The smallest absolute Gasteiger partial charge is 0.308 e. The van der Waals surface area contributed by atoms with Gasteiger partial charge in [-0.1, -0.05) is 12.8 Å². The zero-order valence-electron chi connectivity index (χ0n) is 11.1. The van der Waals surface area contributed by atoms with Gasteiger partial charge in [-0.25, -0.2) is 21.9 Å². The van der Waals surface area contributed by atoms with Crippen molar-refractivity contribution in [1.29, 1.82) is 0 Å². The molecule has 116 valence electrons. The van der Waals surface area contributed by atoms with E-state index in [1.54, 1.807) is 0 Å². The molecule has 1 aromatic rings. The van der Waals surface area contributed by atoms with E-state index in [9.17, 15) is 22.0 Å². The largest absolute Gasteiger partial charge is 0.481 e. The van der Waals surface area contributed by atoms with Crippen LogP contribution in [0.1, 0.15) is 25.7 Å². The summed E-state index contributed by atoms with van der Waals surface area (Å²) in [7, 11) is -4.23. The molecule has 0 radical (unpaired) electrons. The molecule has 0 aliphatic heterocycles. The molecule has 5 nitrogen and oxygen atoms in total. The molecule has 1 aliphatic rings. The van der Waals surface area contributed by atoms with E-state index in [0.29, 0.717) is 31.7 Å². The molecule has 0 aromatic heterocycles. The lowest BCUT2D eigenvalue weighted by molar-refractivity contribution is -0.143. The zero-order valence-corrected chi connectivity index (χ0v) is 11.9. The first-order chi connectivity index (χ1) is 9.81. The fourth-order valence-corrected chi connectivity index (χ4v) is 3.89. The second kappa shape index (κ2) is 6.07. The summed E-state index contributed by atoms with van der Waals surface area (Å²) in [6.07, 6.45) is 2.15. The Morgan fingerprint density at radius 3 is 2.52 bits per heavy atom. The molecule has 0 spiro atoms. The van der Waals surface area contributed by atoms with E-state index >= 15 is 0 Å². The van der Waals surface area contributed by atoms with Crippen LogP contribution in [-0.2, 0) is 14.8 Å². The van der Waals surface area contributed by atoms with E-state index in [1.807, 2.05) is 0 Å². The third kappa shape index (κ3) is 3.56. The Hall–Kier alpha value is -1.54. The minimum Gasteiger partial charge on any atom is -0.481 e. The van der Waals surface area contributed by atoms with Gasteiger partial charge in [0.05, 0.1) is 5.92 Å². The van der Waals surface area contributed by atoms with E-state index in [4.69, 9.17) is 5.11 Å². The Labute approximate surface area is 121 Å². The second-order valence-electron chi connectivity index (χ2n) is 5.03. The number of carbonyl (C=O) groups is 1. The highest BCUT2D eigenvalue weighted by molar-refractivity contribution is 7.89. The molecule has 0 heterocycles. The van der Waals surface area contributed by atoms with Crippen molar-refractivity contribution < 1.29 is 27.1 Å². The Kier molecular flexibility index (Phi) is 4.58. The minimum absolute atomic E-state index is 0.369. The second-order valence-corrected chi connectivity index (χ2v) is 6.71. The van der Waals surface area contributed by atoms with Crippen molar-refractivity contribution in [2.45, 2.75) is 36.6 Å². The lowest BCUT2D eigenvalue weighted by atomic mass is 9.85. The molecule has 1 aromatic carbocycles. The van der Waals surface area contributed by atoms with Gasteiger partial charge in [-0.2, -0.15) is 0 Å². The molecule has 1 fully saturated rings. The monoisotopic (exact) mass is 319 g/mol. The van der Waals surface area contributed by atoms with E-state index < -0.39 is 44.5 Å². The first kappa shape index (κ1) is 15.8. The van der Waals surface area contributed by atoms with Gasteiger partial charge >= 0.3 is 5.97 Å². The maximum absolute atomic E-state index is 13.6. The van der Waals surface area contributed by atoms with Gasteiger partial charge in [-0.15, -0.1) is 0 Å². The summed E-state index contributed by atoms with van der Waals surface area (Å²) >= 11 is 0. The number of benzene rings is 1. The number of hydrogen-bond donors (Lipinski definition) is 2. The zero-order chi connectivity index (χ0) is 15.6. The third-order valence-electron chi connectivity index (χ3n) is 3.57.